The van der Waals surface area contributed by atoms with E-state index in [9.17, 15) is 4.79 Å². The van der Waals surface area contributed by atoms with Crippen molar-refractivity contribution in [1.82, 2.24) is 0 Å². The Labute approximate surface area is 190 Å². The Balaban J connectivity index is 0.00000420. The maximum atomic E-state index is 12.9. The molecule has 2 aromatic carbocycles. The van der Waals surface area contributed by atoms with Gasteiger partial charge >= 0.3 is 18.9 Å². The first-order valence-corrected chi connectivity index (χ1v) is 9.94. The first kappa shape index (κ1) is 25.8. The van der Waals surface area contributed by atoms with Gasteiger partial charge in [-0.2, -0.15) is 0 Å². The average Bonchev–Trinajstić information content (AvgIpc) is 2.69. The molecule has 0 fully saturated rings. The average molecular weight is 435 g/mol. The number of halogens is 1. The van der Waals surface area contributed by atoms with Gasteiger partial charge in [0.25, 0.3) is 0 Å². The molecule has 0 aliphatic carbocycles. The molecule has 0 heterocycles. The number of ether oxygens (including phenoxy) is 5. The third kappa shape index (κ3) is 7.19. The van der Waals surface area contributed by atoms with Gasteiger partial charge in [-0.15, -0.1) is 0 Å². The molecule has 0 radical (unpaired) electrons. The molecule has 154 valence electrons. The van der Waals surface area contributed by atoms with Crippen molar-refractivity contribution < 1.29 is 28.5 Å². The molecule has 29 heavy (non-hydrogen) atoms. The van der Waals surface area contributed by atoms with E-state index in [1.807, 2.05) is 0 Å². The molecule has 9 heteroatoms. The number of carbonyl (C=O) groups excluding carboxylic acids is 1. The second kappa shape index (κ2) is 12.4. The molecule has 0 aliphatic heterocycles. The number of carbonyl (C=O) groups is 1. The van der Waals surface area contributed by atoms with Crippen LogP contribution in [-0.2, 0) is 9.47 Å². The van der Waals surface area contributed by atoms with E-state index < -0.39 is 12.6 Å². The molecule has 0 aliphatic rings. The first-order chi connectivity index (χ1) is 13.4. The summed E-state index contributed by atoms with van der Waals surface area (Å²) < 4.78 is 27.1. The van der Waals surface area contributed by atoms with E-state index in [0.717, 1.165) is 0 Å². The van der Waals surface area contributed by atoms with E-state index >= 15 is 0 Å². The summed E-state index contributed by atoms with van der Waals surface area (Å²) in [6.45, 7) is 3.54. The van der Waals surface area contributed by atoms with E-state index in [1.165, 1.54) is 7.11 Å². The van der Waals surface area contributed by atoms with Crippen LogP contribution in [0.3, 0.4) is 0 Å². The standard InChI is InChI=1S/C20H24ClO6P.Li.H/c1-12(23-3)26-14-9-10-18(17(11-14)27-13(2)24-4)28-20(22)19-15(21)7-6-8-16(19)25-5;;/h6-13,28H,1-5H3;;. The summed E-state index contributed by atoms with van der Waals surface area (Å²) in [5.74, 6) is 1.49. The third-order valence-corrected chi connectivity index (χ3v) is 5.36. The summed E-state index contributed by atoms with van der Waals surface area (Å²) in [4.78, 5) is 12.9. The SMILES string of the molecule is COc1cccc(Cl)c1C(=O)Pc1ccc(OC(C)OC)cc1OC(C)OC.[LiH]. The van der Waals surface area contributed by atoms with Gasteiger partial charge < -0.3 is 23.7 Å². The zero-order valence-corrected chi connectivity index (χ0v) is 18.2. The van der Waals surface area contributed by atoms with Gasteiger partial charge in [0.15, 0.2) is 18.1 Å². The molecule has 0 saturated heterocycles. The van der Waals surface area contributed by atoms with Crippen LogP contribution in [0.5, 0.6) is 17.2 Å². The predicted octanol–water partition coefficient (Wildman–Crippen LogP) is 3.59. The molecule has 6 nitrogen and oxygen atoms in total. The first-order valence-electron chi connectivity index (χ1n) is 8.56. The summed E-state index contributed by atoms with van der Waals surface area (Å²) in [6, 6.07) is 10.4. The number of hydrogen-bond acceptors (Lipinski definition) is 6. The molecule has 2 aromatic rings. The fourth-order valence-electron chi connectivity index (χ4n) is 2.32. The van der Waals surface area contributed by atoms with Gasteiger partial charge in [-0.1, -0.05) is 17.7 Å². The third-order valence-electron chi connectivity index (χ3n) is 3.88. The Bertz CT molecular complexity index is 820. The Hall–Kier alpha value is -1.25. The summed E-state index contributed by atoms with van der Waals surface area (Å²) in [7, 11) is 4.37. The molecule has 2 rings (SSSR count). The monoisotopic (exact) mass is 434 g/mol. The molecular formula is C20H25ClLiO6P. The van der Waals surface area contributed by atoms with Crippen molar-refractivity contribution in [3.8, 4) is 17.2 Å². The molecule has 0 amide bonds. The van der Waals surface area contributed by atoms with Crippen LogP contribution >= 0.6 is 20.2 Å². The van der Waals surface area contributed by atoms with Gasteiger partial charge in [0.05, 0.1) is 17.7 Å². The van der Waals surface area contributed by atoms with Crippen LogP contribution in [0.2, 0.25) is 5.02 Å². The normalized spacial score (nSPS) is 12.9. The summed E-state index contributed by atoms with van der Waals surface area (Å²) >= 11 is 6.23. The predicted molar refractivity (Wildman–Crippen MR) is 118 cm³/mol. The summed E-state index contributed by atoms with van der Waals surface area (Å²) in [5, 5.41) is 1.05. The van der Waals surface area contributed by atoms with Crippen molar-refractivity contribution in [1.29, 1.82) is 0 Å². The van der Waals surface area contributed by atoms with Crippen molar-refractivity contribution in [2.75, 3.05) is 21.3 Å². The fraction of sp³-hybridized carbons (Fsp3) is 0.350. The number of hydrogen-bond donors (Lipinski definition) is 0. The van der Waals surface area contributed by atoms with Gasteiger partial charge in [-0.25, -0.2) is 0 Å². The fourth-order valence-corrected chi connectivity index (χ4v) is 3.70. The van der Waals surface area contributed by atoms with Gasteiger partial charge in [0.2, 0.25) is 0 Å². The van der Waals surface area contributed by atoms with E-state index in [-0.39, 0.29) is 33.0 Å². The van der Waals surface area contributed by atoms with Crippen molar-refractivity contribution >= 4 is 49.9 Å². The molecular weight excluding hydrogens is 410 g/mol. The van der Waals surface area contributed by atoms with Crippen LogP contribution < -0.4 is 19.5 Å². The van der Waals surface area contributed by atoms with Crippen LogP contribution in [0.15, 0.2) is 36.4 Å². The second-order valence-electron chi connectivity index (χ2n) is 5.77. The van der Waals surface area contributed by atoms with Gasteiger partial charge in [-0.05, 0) is 46.7 Å². The Kier molecular flexibility index (Phi) is 11.1. The van der Waals surface area contributed by atoms with Crippen LogP contribution in [-0.4, -0.2) is 58.3 Å². The molecule has 0 bridgehead atoms. The van der Waals surface area contributed by atoms with Crippen molar-refractivity contribution in [2.45, 2.75) is 26.4 Å². The summed E-state index contributed by atoms with van der Waals surface area (Å²) in [5.41, 5.74) is 0.195. The van der Waals surface area contributed by atoms with Crippen molar-refractivity contribution in [2.24, 2.45) is 0 Å². The van der Waals surface area contributed by atoms with E-state index in [2.05, 4.69) is 0 Å². The van der Waals surface area contributed by atoms with Crippen molar-refractivity contribution in [3.63, 3.8) is 0 Å². The molecule has 0 N–H and O–H groups in total. The Morgan fingerprint density at radius 3 is 2.24 bits per heavy atom. The summed E-state index contributed by atoms with van der Waals surface area (Å²) in [6.07, 6.45) is -0.918. The van der Waals surface area contributed by atoms with E-state index in [1.54, 1.807) is 64.5 Å². The Morgan fingerprint density at radius 2 is 1.62 bits per heavy atom. The molecule has 3 unspecified atom stereocenters. The van der Waals surface area contributed by atoms with E-state index in [0.29, 0.717) is 33.1 Å². The number of methoxy groups -OCH3 is 3. The second-order valence-corrected chi connectivity index (χ2v) is 7.42. The Morgan fingerprint density at radius 1 is 0.966 bits per heavy atom. The quantitative estimate of drug-likeness (QED) is 0.323. The van der Waals surface area contributed by atoms with Crippen LogP contribution in [0.25, 0.3) is 0 Å². The van der Waals surface area contributed by atoms with E-state index in [4.69, 9.17) is 35.3 Å². The van der Waals surface area contributed by atoms with Gasteiger partial charge in [0, 0.05) is 25.6 Å². The van der Waals surface area contributed by atoms with Crippen LogP contribution in [0.4, 0.5) is 0 Å². The topological polar surface area (TPSA) is 63.2 Å². The number of benzene rings is 2. The molecule has 0 saturated carbocycles. The van der Waals surface area contributed by atoms with Crippen LogP contribution in [0.1, 0.15) is 24.2 Å². The zero-order valence-electron chi connectivity index (χ0n) is 16.4. The maximum absolute atomic E-state index is 12.9. The van der Waals surface area contributed by atoms with Crippen LogP contribution in [0, 0.1) is 0 Å². The minimum atomic E-state index is -0.497. The van der Waals surface area contributed by atoms with Gasteiger partial charge in [0.1, 0.15) is 17.2 Å². The van der Waals surface area contributed by atoms with Crippen molar-refractivity contribution in [3.05, 3.63) is 47.0 Å². The van der Waals surface area contributed by atoms with Gasteiger partial charge in [-0.3, -0.25) is 4.79 Å². The zero-order chi connectivity index (χ0) is 20.7. The molecule has 3 atom stereocenters. The number of rotatable bonds is 10. The molecule has 0 spiro atoms. The minimum absolute atomic E-state index is 0. The molecule has 0 aromatic heterocycles.